The third-order valence-corrected chi connectivity index (χ3v) is 5.78. The first-order valence-corrected chi connectivity index (χ1v) is 9.81. The van der Waals surface area contributed by atoms with Crippen LogP contribution < -0.4 is 5.32 Å². The van der Waals surface area contributed by atoms with Gasteiger partial charge >= 0.3 is 0 Å². The molecule has 0 aliphatic heterocycles. The first kappa shape index (κ1) is 17.1. The average molecular weight is 370 g/mol. The topological polar surface area (TPSA) is 85.6 Å². The number of carbonyl (C=O) groups excluding carboxylic acids is 1. The molecular weight excluding hydrogens is 348 g/mol. The molecule has 136 valence electrons. The number of pyridine rings is 1. The lowest BCUT2D eigenvalue weighted by molar-refractivity contribution is 0.102. The Morgan fingerprint density at radius 1 is 1.23 bits per heavy atom. The molecule has 7 nitrogen and oxygen atoms in total. The SMILES string of the molecule is CC(C)c1nnc(NC(=O)c2c3c(nc4c2cnn4C(C)C)CCC3)s1. The van der Waals surface area contributed by atoms with Crippen LogP contribution in [0.25, 0.3) is 11.0 Å². The number of rotatable bonds is 4. The molecule has 3 aromatic rings. The van der Waals surface area contributed by atoms with Crippen molar-refractivity contribution >= 4 is 33.4 Å². The number of hydrogen-bond acceptors (Lipinski definition) is 6. The molecule has 0 saturated heterocycles. The number of nitrogens with zero attached hydrogens (tertiary/aromatic N) is 5. The molecule has 1 aliphatic rings. The highest BCUT2D eigenvalue weighted by atomic mass is 32.1. The Labute approximate surface area is 155 Å². The Morgan fingerprint density at radius 3 is 2.73 bits per heavy atom. The van der Waals surface area contributed by atoms with Gasteiger partial charge in [0.1, 0.15) is 5.01 Å². The molecule has 1 N–H and O–H groups in total. The maximum absolute atomic E-state index is 13.1. The van der Waals surface area contributed by atoms with Gasteiger partial charge < -0.3 is 0 Å². The van der Waals surface area contributed by atoms with E-state index < -0.39 is 0 Å². The summed E-state index contributed by atoms with van der Waals surface area (Å²) in [5.41, 5.74) is 3.54. The van der Waals surface area contributed by atoms with Crippen molar-refractivity contribution in [1.29, 1.82) is 0 Å². The van der Waals surface area contributed by atoms with Crippen LogP contribution >= 0.6 is 11.3 Å². The van der Waals surface area contributed by atoms with Gasteiger partial charge in [0, 0.05) is 17.7 Å². The lowest BCUT2D eigenvalue weighted by atomic mass is 10.0. The summed E-state index contributed by atoms with van der Waals surface area (Å²) < 4.78 is 1.88. The second-order valence-electron chi connectivity index (χ2n) is 7.24. The number of nitrogens with one attached hydrogen (secondary N) is 1. The smallest absolute Gasteiger partial charge is 0.258 e. The minimum Gasteiger partial charge on any atom is -0.296 e. The van der Waals surface area contributed by atoms with Crippen LogP contribution in [-0.2, 0) is 12.8 Å². The van der Waals surface area contributed by atoms with Gasteiger partial charge in [0.25, 0.3) is 5.91 Å². The fourth-order valence-corrected chi connectivity index (χ4v) is 4.11. The quantitative estimate of drug-likeness (QED) is 0.756. The zero-order valence-electron chi connectivity index (χ0n) is 15.4. The summed E-state index contributed by atoms with van der Waals surface area (Å²) in [6, 6.07) is 0.187. The van der Waals surface area contributed by atoms with Crippen molar-refractivity contribution < 1.29 is 4.79 Å². The van der Waals surface area contributed by atoms with Crippen LogP contribution in [0.5, 0.6) is 0 Å². The number of fused-ring (bicyclic) bond motifs is 2. The summed E-state index contributed by atoms with van der Waals surface area (Å²) in [5.74, 6) is 0.143. The largest absolute Gasteiger partial charge is 0.296 e. The molecule has 3 aromatic heterocycles. The molecular formula is C18H22N6OS. The molecule has 1 amide bonds. The third kappa shape index (κ3) is 2.78. The van der Waals surface area contributed by atoms with Crippen LogP contribution in [-0.4, -0.2) is 30.9 Å². The van der Waals surface area contributed by atoms with Crippen LogP contribution in [0.4, 0.5) is 5.13 Å². The van der Waals surface area contributed by atoms with Crippen molar-refractivity contribution in [2.75, 3.05) is 5.32 Å². The van der Waals surface area contributed by atoms with Crippen molar-refractivity contribution in [1.82, 2.24) is 25.0 Å². The molecule has 0 radical (unpaired) electrons. The molecule has 3 heterocycles. The summed E-state index contributed by atoms with van der Waals surface area (Å²) in [4.78, 5) is 17.9. The van der Waals surface area contributed by atoms with Gasteiger partial charge in [0.2, 0.25) is 5.13 Å². The molecule has 0 fully saturated rings. The predicted octanol–water partition coefficient (Wildman–Crippen LogP) is 3.73. The van der Waals surface area contributed by atoms with Crippen molar-refractivity contribution in [3.63, 3.8) is 0 Å². The number of hydrogen-bond donors (Lipinski definition) is 1. The second kappa shape index (κ2) is 6.42. The number of aromatic nitrogens is 5. The van der Waals surface area contributed by atoms with Gasteiger partial charge in [-0.05, 0) is 38.7 Å². The van der Waals surface area contributed by atoms with Gasteiger partial charge in [-0.3, -0.25) is 10.1 Å². The van der Waals surface area contributed by atoms with E-state index in [1.807, 2.05) is 4.68 Å². The van der Waals surface area contributed by atoms with E-state index in [-0.39, 0.29) is 11.9 Å². The highest BCUT2D eigenvalue weighted by molar-refractivity contribution is 7.15. The van der Waals surface area contributed by atoms with Gasteiger partial charge in [0.05, 0.1) is 17.1 Å². The molecule has 0 aromatic carbocycles. The van der Waals surface area contributed by atoms with E-state index in [2.05, 4.69) is 48.3 Å². The van der Waals surface area contributed by atoms with E-state index in [4.69, 9.17) is 4.98 Å². The minimum atomic E-state index is -0.148. The molecule has 0 bridgehead atoms. The van der Waals surface area contributed by atoms with Gasteiger partial charge in [-0.25, -0.2) is 9.67 Å². The lowest BCUT2D eigenvalue weighted by Crippen LogP contribution is -2.16. The minimum absolute atomic E-state index is 0.148. The van der Waals surface area contributed by atoms with Crippen molar-refractivity contribution in [3.8, 4) is 0 Å². The van der Waals surface area contributed by atoms with Crippen LogP contribution in [0.15, 0.2) is 6.20 Å². The number of carbonyl (C=O) groups is 1. The first-order valence-electron chi connectivity index (χ1n) is 8.99. The number of aryl methyl sites for hydroxylation is 1. The van der Waals surface area contributed by atoms with E-state index in [9.17, 15) is 4.79 Å². The Bertz CT molecular complexity index is 987. The van der Waals surface area contributed by atoms with Gasteiger partial charge in [-0.2, -0.15) is 5.10 Å². The summed E-state index contributed by atoms with van der Waals surface area (Å²) in [6.45, 7) is 8.25. The maximum Gasteiger partial charge on any atom is 0.258 e. The van der Waals surface area contributed by atoms with E-state index in [0.29, 0.717) is 16.6 Å². The Kier molecular flexibility index (Phi) is 4.22. The molecule has 1 aliphatic carbocycles. The van der Waals surface area contributed by atoms with E-state index in [1.54, 1.807) is 6.20 Å². The lowest BCUT2D eigenvalue weighted by Gasteiger charge is -2.11. The molecule has 0 unspecified atom stereocenters. The van der Waals surface area contributed by atoms with E-state index in [0.717, 1.165) is 46.6 Å². The normalized spacial score (nSPS) is 13.8. The van der Waals surface area contributed by atoms with Crippen LogP contribution in [0.3, 0.4) is 0 Å². The van der Waals surface area contributed by atoms with Crippen LogP contribution in [0.2, 0.25) is 0 Å². The van der Waals surface area contributed by atoms with E-state index in [1.165, 1.54) is 11.3 Å². The van der Waals surface area contributed by atoms with Crippen molar-refractivity contribution in [3.05, 3.63) is 28.0 Å². The monoisotopic (exact) mass is 370 g/mol. The molecule has 8 heteroatoms. The Balaban J connectivity index is 1.78. The van der Waals surface area contributed by atoms with Gasteiger partial charge in [0.15, 0.2) is 5.65 Å². The molecule has 0 spiro atoms. The summed E-state index contributed by atoms with van der Waals surface area (Å²) in [6.07, 6.45) is 4.57. The fraction of sp³-hybridized carbons (Fsp3) is 0.500. The maximum atomic E-state index is 13.1. The predicted molar refractivity (Wildman–Crippen MR) is 102 cm³/mol. The van der Waals surface area contributed by atoms with E-state index >= 15 is 0 Å². The molecule has 0 saturated carbocycles. The van der Waals surface area contributed by atoms with Crippen LogP contribution in [0, 0.1) is 0 Å². The Hall–Kier alpha value is -2.35. The molecule has 0 atom stereocenters. The zero-order chi connectivity index (χ0) is 18.4. The second-order valence-corrected chi connectivity index (χ2v) is 8.25. The summed E-state index contributed by atoms with van der Waals surface area (Å²) in [5, 5.41) is 17.9. The fourth-order valence-electron chi connectivity index (χ4n) is 3.37. The summed E-state index contributed by atoms with van der Waals surface area (Å²) in [7, 11) is 0. The number of anilines is 1. The average Bonchev–Trinajstić information content (AvgIpc) is 3.30. The molecule has 4 rings (SSSR count). The highest BCUT2D eigenvalue weighted by Gasteiger charge is 2.27. The standard InChI is InChI=1S/C18H22N6OS/c1-9(2)17-22-23-18(26-17)21-16(25)14-11-6-5-7-13(11)20-15-12(14)8-19-24(15)10(3)4/h8-10H,5-7H2,1-4H3,(H,21,23,25). The summed E-state index contributed by atoms with van der Waals surface area (Å²) >= 11 is 1.42. The van der Waals surface area contributed by atoms with Crippen molar-refractivity contribution in [2.24, 2.45) is 0 Å². The van der Waals surface area contributed by atoms with Crippen LogP contribution in [0.1, 0.15) is 72.7 Å². The number of amides is 1. The van der Waals surface area contributed by atoms with Gasteiger partial charge in [-0.1, -0.05) is 25.2 Å². The van der Waals surface area contributed by atoms with Crippen molar-refractivity contribution in [2.45, 2.75) is 58.9 Å². The zero-order valence-corrected chi connectivity index (χ0v) is 16.2. The molecule has 26 heavy (non-hydrogen) atoms. The Morgan fingerprint density at radius 2 is 2.04 bits per heavy atom. The third-order valence-electron chi connectivity index (χ3n) is 4.64. The first-order chi connectivity index (χ1) is 12.5. The van der Waals surface area contributed by atoms with Gasteiger partial charge in [-0.15, -0.1) is 10.2 Å². The highest BCUT2D eigenvalue weighted by Crippen LogP contribution is 2.32.